The molecule has 1 amide bonds. The van der Waals surface area contributed by atoms with Crippen LogP contribution in [0.2, 0.25) is 0 Å². The number of amides is 1. The van der Waals surface area contributed by atoms with E-state index in [2.05, 4.69) is 5.32 Å². The standard InChI is InChI=1S/C12H17N3O4/c1-2-14(9-4-3-7-13-8-9)12(16)10-5-6-11(19-10)15(17)18/h5-6,9,13H,2-4,7-8H2,1H3. The van der Waals surface area contributed by atoms with Crippen LogP contribution in [0, 0.1) is 10.1 Å². The van der Waals surface area contributed by atoms with Crippen molar-refractivity contribution in [3.8, 4) is 0 Å². The van der Waals surface area contributed by atoms with E-state index in [-0.39, 0.29) is 17.7 Å². The minimum atomic E-state index is -0.644. The molecule has 1 aromatic heterocycles. The lowest BCUT2D eigenvalue weighted by molar-refractivity contribution is -0.402. The molecule has 1 N–H and O–H groups in total. The second-order valence-corrected chi connectivity index (χ2v) is 4.49. The van der Waals surface area contributed by atoms with Crippen LogP contribution in [-0.4, -0.2) is 41.4 Å². The van der Waals surface area contributed by atoms with E-state index in [1.165, 1.54) is 12.1 Å². The monoisotopic (exact) mass is 267 g/mol. The minimum absolute atomic E-state index is 0.0270. The van der Waals surface area contributed by atoms with E-state index in [4.69, 9.17) is 4.42 Å². The highest BCUT2D eigenvalue weighted by atomic mass is 16.6. The van der Waals surface area contributed by atoms with Crippen LogP contribution in [0.15, 0.2) is 16.5 Å². The maximum Gasteiger partial charge on any atom is 0.433 e. The summed E-state index contributed by atoms with van der Waals surface area (Å²) in [6, 6.07) is 2.69. The molecule has 0 saturated carbocycles. The van der Waals surface area contributed by atoms with Gasteiger partial charge in [-0.2, -0.15) is 0 Å². The molecule has 1 aromatic rings. The third-order valence-electron chi connectivity index (χ3n) is 3.30. The Kier molecular flexibility index (Phi) is 4.16. The first kappa shape index (κ1) is 13.5. The molecule has 1 saturated heterocycles. The van der Waals surface area contributed by atoms with Gasteiger partial charge in [-0.3, -0.25) is 14.9 Å². The minimum Gasteiger partial charge on any atom is -0.395 e. The van der Waals surface area contributed by atoms with Crippen molar-refractivity contribution in [1.82, 2.24) is 10.2 Å². The molecule has 2 rings (SSSR count). The van der Waals surface area contributed by atoms with Crippen LogP contribution < -0.4 is 5.32 Å². The molecule has 2 heterocycles. The van der Waals surface area contributed by atoms with Crippen LogP contribution in [0.1, 0.15) is 30.3 Å². The van der Waals surface area contributed by atoms with Gasteiger partial charge in [0.2, 0.25) is 0 Å². The van der Waals surface area contributed by atoms with Gasteiger partial charge in [0, 0.05) is 19.1 Å². The Morgan fingerprint density at radius 2 is 2.42 bits per heavy atom. The molecule has 1 atom stereocenters. The van der Waals surface area contributed by atoms with Crippen molar-refractivity contribution in [2.45, 2.75) is 25.8 Å². The maximum atomic E-state index is 12.3. The molecule has 7 heteroatoms. The van der Waals surface area contributed by atoms with Crippen molar-refractivity contribution in [2.24, 2.45) is 0 Å². The lowest BCUT2D eigenvalue weighted by atomic mass is 10.1. The second kappa shape index (κ2) is 5.83. The van der Waals surface area contributed by atoms with E-state index in [0.717, 1.165) is 25.9 Å². The van der Waals surface area contributed by atoms with Gasteiger partial charge >= 0.3 is 5.88 Å². The number of hydrogen-bond donors (Lipinski definition) is 1. The molecular formula is C12H17N3O4. The summed E-state index contributed by atoms with van der Waals surface area (Å²) in [6.07, 6.45) is 1.96. The van der Waals surface area contributed by atoms with Gasteiger partial charge in [0.1, 0.15) is 4.92 Å². The Balaban J connectivity index is 2.12. The summed E-state index contributed by atoms with van der Waals surface area (Å²) >= 11 is 0. The fourth-order valence-corrected chi connectivity index (χ4v) is 2.35. The van der Waals surface area contributed by atoms with Crippen LogP contribution in [0.25, 0.3) is 0 Å². The molecule has 1 fully saturated rings. The molecule has 1 aliphatic heterocycles. The predicted molar refractivity (Wildman–Crippen MR) is 68.0 cm³/mol. The number of likely N-dealkylation sites (N-methyl/N-ethyl adjacent to an activating group) is 1. The molecular weight excluding hydrogens is 250 g/mol. The predicted octanol–water partition coefficient (Wildman–Crippen LogP) is 1.40. The number of hydrogen-bond acceptors (Lipinski definition) is 5. The molecule has 7 nitrogen and oxygen atoms in total. The first-order chi connectivity index (χ1) is 9.13. The fraction of sp³-hybridized carbons (Fsp3) is 0.583. The molecule has 104 valence electrons. The molecule has 0 radical (unpaired) electrons. The number of rotatable bonds is 4. The number of nitro groups is 1. The van der Waals surface area contributed by atoms with Crippen molar-refractivity contribution in [3.63, 3.8) is 0 Å². The normalized spacial score (nSPS) is 19.1. The van der Waals surface area contributed by atoms with E-state index < -0.39 is 10.8 Å². The topological polar surface area (TPSA) is 88.6 Å². The van der Waals surface area contributed by atoms with Gasteiger partial charge in [0.15, 0.2) is 5.76 Å². The summed E-state index contributed by atoms with van der Waals surface area (Å²) in [5.41, 5.74) is 0. The fourth-order valence-electron chi connectivity index (χ4n) is 2.35. The molecule has 0 spiro atoms. The first-order valence-electron chi connectivity index (χ1n) is 6.39. The molecule has 19 heavy (non-hydrogen) atoms. The second-order valence-electron chi connectivity index (χ2n) is 4.49. The Bertz CT molecular complexity index is 465. The van der Waals surface area contributed by atoms with Crippen molar-refractivity contribution in [3.05, 3.63) is 28.0 Å². The zero-order chi connectivity index (χ0) is 13.8. The van der Waals surface area contributed by atoms with Gasteiger partial charge in [-0.1, -0.05) is 0 Å². The Labute approximate surface area is 110 Å². The van der Waals surface area contributed by atoms with Gasteiger partial charge in [0.05, 0.1) is 6.07 Å². The van der Waals surface area contributed by atoms with Crippen LogP contribution in [0.3, 0.4) is 0 Å². The average molecular weight is 267 g/mol. The average Bonchev–Trinajstić information content (AvgIpc) is 2.90. The summed E-state index contributed by atoms with van der Waals surface area (Å²) in [4.78, 5) is 23.9. The smallest absolute Gasteiger partial charge is 0.395 e. The highest BCUT2D eigenvalue weighted by Gasteiger charge is 2.28. The lowest BCUT2D eigenvalue weighted by Gasteiger charge is -2.33. The van der Waals surface area contributed by atoms with E-state index in [0.29, 0.717) is 6.54 Å². The maximum absolute atomic E-state index is 12.3. The van der Waals surface area contributed by atoms with Crippen molar-refractivity contribution >= 4 is 11.8 Å². The van der Waals surface area contributed by atoms with Crippen LogP contribution in [0.5, 0.6) is 0 Å². The van der Waals surface area contributed by atoms with Crippen molar-refractivity contribution < 1.29 is 14.1 Å². The highest BCUT2D eigenvalue weighted by Crippen LogP contribution is 2.19. The Morgan fingerprint density at radius 1 is 1.63 bits per heavy atom. The zero-order valence-electron chi connectivity index (χ0n) is 10.8. The Hall–Kier alpha value is -1.89. The summed E-state index contributed by atoms with van der Waals surface area (Å²) in [6.45, 7) is 4.17. The first-order valence-corrected chi connectivity index (χ1v) is 6.39. The summed E-state index contributed by atoms with van der Waals surface area (Å²) in [5.74, 6) is -0.662. The third kappa shape index (κ3) is 2.93. The highest BCUT2D eigenvalue weighted by molar-refractivity contribution is 5.92. The van der Waals surface area contributed by atoms with Crippen molar-refractivity contribution in [1.29, 1.82) is 0 Å². The molecule has 0 aliphatic carbocycles. The number of furan rings is 1. The van der Waals surface area contributed by atoms with Gasteiger partial charge < -0.3 is 14.6 Å². The third-order valence-corrected chi connectivity index (χ3v) is 3.30. The van der Waals surface area contributed by atoms with E-state index >= 15 is 0 Å². The van der Waals surface area contributed by atoms with E-state index in [1.807, 2.05) is 6.92 Å². The summed E-state index contributed by atoms with van der Waals surface area (Å²) in [7, 11) is 0. The van der Waals surface area contributed by atoms with E-state index in [9.17, 15) is 14.9 Å². The number of carbonyl (C=O) groups excluding carboxylic acids is 1. The summed E-state index contributed by atoms with van der Waals surface area (Å²) in [5, 5.41) is 13.8. The Morgan fingerprint density at radius 3 is 2.95 bits per heavy atom. The number of piperidine rings is 1. The van der Waals surface area contributed by atoms with Crippen LogP contribution >= 0.6 is 0 Å². The molecule has 0 bridgehead atoms. The van der Waals surface area contributed by atoms with Gasteiger partial charge in [-0.05, 0) is 32.4 Å². The molecule has 1 aliphatic rings. The van der Waals surface area contributed by atoms with Crippen molar-refractivity contribution in [2.75, 3.05) is 19.6 Å². The van der Waals surface area contributed by atoms with Gasteiger partial charge in [-0.25, -0.2) is 0 Å². The van der Waals surface area contributed by atoms with E-state index in [1.54, 1.807) is 4.90 Å². The van der Waals surface area contributed by atoms with Gasteiger partial charge in [-0.15, -0.1) is 0 Å². The summed E-state index contributed by atoms with van der Waals surface area (Å²) < 4.78 is 4.97. The molecule has 1 unspecified atom stereocenters. The quantitative estimate of drug-likeness (QED) is 0.658. The number of nitrogens with zero attached hydrogens (tertiary/aromatic N) is 2. The number of nitrogens with one attached hydrogen (secondary N) is 1. The lowest BCUT2D eigenvalue weighted by Crippen LogP contribution is -2.48. The SMILES string of the molecule is CCN(C(=O)c1ccc([N+](=O)[O-])o1)C1CCCNC1. The van der Waals surface area contributed by atoms with Crippen LogP contribution in [0.4, 0.5) is 5.88 Å². The largest absolute Gasteiger partial charge is 0.433 e. The van der Waals surface area contributed by atoms with Gasteiger partial charge in [0.25, 0.3) is 5.91 Å². The van der Waals surface area contributed by atoms with Crippen LogP contribution in [-0.2, 0) is 0 Å². The number of carbonyl (C=O) groups is 1. The zero-order valence-corrected chi connectivity index (χ0v) is 10.8. The molecule has 0 aromatic carbocycles.